The molecule has 1 unspecified atom stereocenters. The largest absolute Gasteiger partial charge is 0.478 e. The Bertz CT molecular complexity index is 649. The second kappa shape index (κ2) is 5.88. The van der Waals surface area contributed by atoms with Crippen LogP contribution in [-0.4, -0.2) is 16.1 Å². The van der Waals surface area contributed by atoms with Gasteiger partial charge in [0, 0.05) is 11.8 Å². The second-order valence-corrected chi connectivity index (χ2v) is 4.65. The first-order valence-electron chi connectivity index (χ1n) is 5.89. The van der Waals surface area contributed by atoms with E-state index in [4.69, 9.17) is 16.7 Å². The molecule has 4 nitrogen and oxygen atoms in total. The van der Waals surface area contributed by atoms with Crippen molar-refractivity contribution in [3.8, 4) is 0 Å². The SMILES string of the molecule is CC(Nc1cc(C(=O)O)c(Cl)cn1)c1ccccc1F. The number of aromatic carboxylic acids is 1. The molecule has 1 aromatic heterocycles. The van der Waals surface area contributed by atoms with Crippen molar-refractivity contribution < 1.29 is 14.3 Å². The van der Waals surface area contributed by atoms with Gasteiger partial charge in [-0.3, -0.25) is 0 Å². The van der Waals surface area contributed by atoms with Crippen molar-refractivity contribution in [2.24, 2.45) is 0 Å². The zero-order valence-electron chi connectivity index (χ0n) is 10.6. The van der Waals surface area contributed by atoms with Crippen molar-refractivity contribution in [1.29, 1.82) is 0 Å². The van der Waals surface area contributed by atoms with Gasteiger partial charge in [0.25, 0.3) is 0 Å². The van der Waals surface area contributed by atoms with E-state index in [-0.39, 0.29) is 22.4 Å². The summed E-state index contributed by atoms with van der Waals surface area (Å²) in [5, 5.41) is 12.0. The van der Waals surface area contributed by atoms with Gasteiger partial charge in [0.15, 0.2) is 0 Å². The number of pyridine rings is 1. The number of carbonyl (C=O) groups is 1. The van der Waals surface area contributed by atoms with Crippen LogP contribution in [0.1, 0.15) is 28.9 Å². The maximum absolute atomic E-state index is 13.6. The maximum Gasteiger partial charge on any atom is 0.337 e. The first-order valence-corrected chi connectivity index (χ1v) is 6.26. The fourth-order valence-corrected chi connectivity index (χ4v) is 1.99. The third kappa shape index (κ3) is 3.05. The smallest absolute Gasteiger partial charge is 0.337 e. The number of aromatic nitrogens is 1. The highest BCUT2D eigenvalue weighted by Crippen LogP contribution is 2.23. The first kappa shape index (κ1) is 14.3. The number of nitrogens with one attached hydrogen (secondary N) is 1. The minimum atomic E-state index is -1.14. The summed E-state index contributed by atoms with van der Waals surface area (Å²) in [4.78, 5) is 15.0. The van der Waals surface area contributed by atoms with E-state index in [9.17, 15) is 9.18 Å². The van der Waals surface area contributed by atoms with Crippen LogP contribution in [0.5, 0.6) is 0 Å². The molecule has 0 saturated heterocycles. The number of halogens is 2. The van der Waals surface area contributed by atoms with Crippen LogP contribution in [0, 0.1) is 5.82 Å². The molecule has 2 rings (SSSR count). The summed E-state index contributed by atoms with van der Waals surface area (Å²) < 4.78 is 13.6. The monoisotopic (exact) mass is 294 g/mol. The Morgan fingerprint density at radius 2 is 2.15 bits per heavy atom. The highest BCUT2D eigenvalue weighted by atomic mass is 35.5. The summed E-state index contributed by atoms with van der Waals surface area (Å²) in [5.41, 5.74) is 0.422. The second-order valence-electron chi connectivity index (χ2n) is 4.24. The van der Waals surface area contributed by atoms with Crippen LogP contribution in [0.2, 0.25) is 5.02 Å². The Morgan fingerprint density at radius 3 is 2.80 bits per heavy atom. The number of anilines is 1. The van der Waals surface area contributed by atoms with Crippen LogP contribution in [0.4, 0.5) is 10.2 Å². The topological polar surface area (TPSA) is 62.2 Å². The van der Waals surface area contributed by atoms with Crippen molar-refractivity contribution in [3.05, 3.63) is 58.5 Å². The van der Waals surface area contributed by atoms with Gasteiger partial charge in [-0.2, -0.15) is 0 Å². The highest BCUT2D eigenvalue weighted by Gasteiger charge is 2.14. The van der Waals surface area contributed by atoms with E-state index >= 15 is 0 Å². The molecule has 0 aliphatic heterocycles. The van der Waals surface area contributed by atoms with Crippen LogP contribution < -0.4 is 5.32 Å². The molecule has 20 heavy (non-hydrogen) atoms. The summed E-state index contributed by atoms with van der Waals surface area (Å²) in [5.74, 6) is -1.15. The minimum Gasteiger partial charge on any atom is -0.478 e. The van der Waals surface area contributed by atoms with Crippen LogP contribution in [0.3, 0.4) is 0 Å². The molecule has 6 heteroatoms. The average molecular weight is 295 g/mol. The zero-order valence-corrected chi connectivity index (χ0v) is 11.4. The minimum absolute atomic E-state index is 0.0510. The van der Waals surface area contributed by atoms with Gasteiger partial charge in [-0.1, -0.05) is 29.8 Å². The Kier molecular flexibility index (Phi) is 4.20. The molecule has 0 amide bonds. The predicted octanol–water partition coefficient (Wildman–Crippen LogP) is 3.75. The van der Waals surface area contributed by atoms with Crippen molar-refractivity contribution in [1.82, 2.24) is 4.98 Å². The molecule has 0 bridgehead atoms. The van der Waals surface area contributed by atoms with Crippen molar-refractivity contribution in [2.75, 3.05) is 5.32 Å². The molecule has 0 fully saturated rings. The fourth-order valence-electron chi connectivity index (χ4n) is 1.81. The van der Waals surface area contributed by atoms with Gasteiger partial charge >= 0.3 is 5.97 Å². The van der Waals surface area contributed by atoms with Crippen LogP contribution in [0.15, 0.2) is 36.5 Å². The van der Waals surface area contributed by atoms with Gasteiger partial charge in [0.05, 0.1) is 16.6 Å². The van der Waals surface area contributed by atoms with E-state index < -0.39 is 5.97 Å². The molecule has 1 aromatic carbocycles. The summed E-state index contributed by atoms with van der Waals surface area (Å²) in [7, 11) is 0. The molecule has 0 radical (unpaired) electrons. The Hall–Kier alpha value is -2.14. The lowest BCUT2D eigenvalue weighted by atomic mass is 10.1. The van der Waals surface area contributed by atoms with E-state index in [0.717, 1.165) is 0 Å². The highest BCUT2D eigenvalue weighted by molar-refractivity contribution is 6.33. The number of carboxylic acid groups (broad SMARTS) is 1. The Balaban J connectivity index is 2.24. The van der Waals surface area contributed by atoms with Crippen LogP contribution in [-0.2, 0) is 0 Å². The van der Waals surface area contributed by atoms with Crippen LogP contribution in [0.25, 0.3) is 0 Å². The van der Waals surface area contributed by atoms with E-state index in [1.165, 1.54) is 18.3 Å². The van der Waals surface area contributed by atoms with Gasteiger partial charge in [0.1, 0.15) is 11.6 Å². The predicted molar refractivity (Wildman–Crippen MR) is 74.6 cm³/mol. The normalized spacial score (nSPS) is 11.9. The number of rotatable bonds is 4. The molecule has 1 heterocycles. The molecule has 2 N–H and O–H groups in total. The van der Waals surface area contributed by atoms with E-state index in [1.807, 2.05) is 0 Å². The van der Waals surface area contributed by atoms with Crippen molar-refractivity contribution in [3.63, 3.8) is 0 Å². The summed E-state index contributed by atoms with van der Waals surface area (Å²) >= 11 is 5.74. The average Bonchev–Trinajstić information content (AvgIpc) is 2.41. The number of benzene rings is 1. The molecule has 0 aliphatic carbocycles. The lowest BCUT2D eigenvalue weighted by Crippen LogP contribution is -2.10. The van der Waals surface area contributed by atoms with E-state index in [2.05, 4.69) is 10.3 Å². The van der Waals surface area contributed by atoms with Crippen LogP contribution >= 0.6 is 11.6 Å². The van der Waals surface area contributed by atoms with E-state index in [1.54, 1.807) is 25.1 Å². The molecule has 2 aromatic rings. The number of hydrogen-bond acceptors (Lipinski definition) is 3. The number of nitrogens with zero attached hydrogens (tertiary/aromatic N) is 1. The molecule has 104 valence electrons. The van der Waals surface area contributed by atoms with E-state index in [0.29, 0.717) is 11.4 Å². The fraction of sp³-hybridized carbons (Fsp3) is 0.143. The zero-order chi connectivity index (χ0) is 14.7. The third-order valence-electron chi connectivity index (χ3n) is 2.82. The molecule has 1 atom stereocenters. The molecule has 0 aliphatic rings. The summed E-state index contributed by atoms with van der Waals surface area (Å²) in [6.07, 6.45) is 1.25. The third-order valence-corrected chi connectivity index (χ3v) is 3.12. The standard InChI is InChI=1S/C14H12ClFN2O2/c1-8(9-4-2-3-5-12(9)16)18-13-6-10(14(19)20)11(15)7-17-13/h2-8H,1H3,(H,17,18)(H,19,20). The number of carboxylic acids is 1. The molecular formula is C14H12ClFN2O2. The maximum atomic E-state index is 13.6. The Labute approximate surface area is 120 Å². The number of hydrogen-bond donors (Lipinski definition) is 2. The van der Waals surface area contributed by atoms with Gasteiger partial charge in [-0.05, 0) is 19.1 Å². The quantitative estimate of drug-likeness (QED) is 0.901. The first-order chi connectivity index (χ1) is 9.49. The summed E-state index contributed by atoms with van der Waals surface area (Å²) in [6, 6.07) is 7.32. The van der Waals surface area contributed by atoms with Gasteiger partial charge in [-0.25, -0.2) is 14.2 Å². The summed E-state index contributed by atoms with van der Waals surface area (Å²) in [6.45, 7) is 1.76. The molecular weight excluding hydrogens is 283 g/mol. The van der Waals surface area contributed by atoms with Crippen molar-refractivity contribution in [2.45, 2.75) is 13.0 Å². The van der Waals surface area contributed by atoms with Gasteiger partial charge < -0.3 is 10.4 Å². The molecule has 0 spiro atoms. The lowest BCUT2D eigenvalue weighted by molar-refractivity contribution is 0.0697. The lowest BCUT2D eigenvalue weighted by Gasteiger charge is -2.16. The van der Waals surface area contributed by atoms with Gasteiger partial charge in [0.2, 0.25) is 0 Å². The van der Waals surface area contributed by atoms with Gasteiger partial charge in [-0.15, -0.1) is 0 Å². The van der Waals surface area contributed by atoms with Crippen molar-refractivity contribution >= 4 is 23.4 Å². The molecule has 0 saturated carbocycles. The Morgan fingerprint density at radius 1 is 1.45 bits per heavy atom.